The molecule has 0 amide bonds. The van der Waals surface area contributed by atoms with E-state index in [1.807, 2.05) is 48.5 Å². The smallest absolute Gasteiger partial charge is 0.166 e. The molecule has 2 atom stereocenters. The fourth-order valence-corrected chi connectivity index (χ4v) is 4.11. The molecule has 2 aromatic rings. The highest BCUT2D eigenvalue weighted by Gasteiger charge is 2.34. The number of benzene rings is 2. The van der Waals surface area contributed by atoms with Crippen LogP contribution in [0.5, 0.6) is 0 Å². The van der Waals surface area contributed by atoms with E-state index in [4.69, 9.17) is 0 Å². The lowest BCUT2D eigenvalue weighted by Crippen LogP contribution is -2.30. The van der Waals surface area contributed by atoms with Crippen molar-refractivity contribution < 1.29 is 9.59 Å². The quantitative estimate of drug-likeness (QED) is 0.830. The summed E-state index contributed by atoms with van der Waals surface area (Å²) in [5.74, 6) is 0.477. The second-order valence-electron chi connectivity index (χ2n) is 6.75. The average Bonchev–Trinajstić information content (AvgIpc) is 2.60. The molecular weight excluding hydrogens is 284 g/mol. The minimum absolute atomic E-state index is 0.00381. The minimum Gasteiger partial charge on any atom is -0.294 e. The Balaban J connectivity index is 1.54. The highest BCUT2D eigenvalue weighted by atomic mass is 16.1. The molecule has 0 bridgehead atoms. The molecule has 0 saturated carbocycles. The lowest BCUT2D eigenvalue weighted by Gasteiger charge is -2.29. The van der Waals surface area contributed by atoms with Gasteiger partial charge in [0.25, 0.3) is 0 Å². The first-order valence-electron chi connectivity index (χ1n) is 8.48. The molecule has 2 aliphatic rings. The summed E-state index contributed by atoms with van der Waals surface area (Å²) in [5, 5.41) is 0. The minimum atomic E-state index is 0.00381. The van der Waals surface area contributed by atoms with Crippen molar-refractivity contribution in [3.63, 3.8) is 0 Å². The summed E-state index contributed by atoms with van der Waals surface area (Å²) >= 11 is 0. The normalized spacial score (nSPS) is 23.3. The number of carbonyl (C=O) groups is 2. The van der Waals surface area contributed by atoms with Crippen LogP contribution in [0, 0.1) is 11.8 Å². The molecule has 2 heteroatoms. The Labute approximate surface area is 136 Å². The van der Waals surface area contributed by atoms with Crippen LogP contribution in [0.15, 0.2) is 48.5 Å². The second-order valence-corrected chi connectivity index (χ2v) is 6.75. The first-order valence-corrected chi connectivity index (χ1v) is 8.48. The highest BCUT2D eigenvalue weighted by molar-refractivity contribution is 6.02. The summed E-state index contributed by atoms with van der Waals surface area (Å²) in [6.07, 6.45) is 4.36. The van der Waals surface area contributed by atoms with Gasteiger partial charge in [0.05, 0.1) is 0 Å². The van der Waals surface area contributed by atoms with Crippen LogP contribution in [0.1, 0.15) is 51.1 Å². The zero-order valence-electron chi connectivity index (χ0n) is 13.1. The molecule has 0 aromatic heterocycles. The van der Waals surface area contributed by atoms with Crippen molar-refractivity contribution in [1.82, 2.24) is 0 Å². The molecule has 0 heterocycles. The number of rotatable bonds is 2. The van der Waals surface area contributed by atoms with Gasteiger partial charge in [-0.2, -0.15) is 0 Å². The average molecular weight is 304 g/mol. The zero-order chi connectivity index (χ0) is 15.8. The van der Waals surface area contributed by atoms with Gasteiger partial charge in [-0.25, -0.2) is 0 Å². The summed E-state index contributed by atoms with van der Waals surface area (Å²) in [7, 11) is 0. The maximum absolute atomic E-state index is 12.7. The van der Waals surface area contributed by atoms with Gasteiger partial charge in [0.1, 0.15) is 0 Å². The third kappa shape index (κ3) is 2.52. The molecule has 4 rings (SSSR count). The van der Waals surface area contributed by atoms with E-state index in [-0.39, 0.29) is 23.4 Å². The molecule has 2 aromatic carbocycles. The second kappa shape index (κ2) is 5.77. The van der Waals surface area contributed by atoms with Crippen LogP contribution >= 0.6 is 0 Å². The maximum Gasteiger partial charge on any atom is 0.166 e. The Morgan fingerprint density at radius 1 is 0.696 bits per heavy atom. The van der Waals surface area contributed by atoms with Crippen LogP contribution in [0.2, 0.25) is 0 Å². The van der Waals surface area contributed by atoms with Gasteiger partial charge in [-0.15, -0.1) is 0 Å². The Bertz CT molecular complexity index is 709. The predicted molar refractivity (Wildman–Crippen MR) is 89.8 cm³/mol. The van der Waals surface area contributed by atoms with Crippen molar-refractivity contribution in [1.29, 1.82) is 0 Å². The molecule has 116 valence electrons. The Hall–Kier alpha value is -2.22. The Morgan fingerprint density at radius 3 is 1.61 bits per heavy atom. The largest absolute Gasteiger partial charge is 0.294 e. The van der Waals surface area contributed by atoms with E-state index < -0.39 is 0 Å². The van der Waals surface area contributed by atoms with Gasteiger partial charge in [0.15, 0.2) is 11.6 Å². The lowest BCUT2D eigenvalue weighted by atomic mass is 9.73. The van der Waals surface area contributed by atoms with Crippen molar-refractivity contribution >= 4 is 11.6 Å². The van der Waals surface area contributed by atoms with Crippen molar-refractivity contribution in [3.05, 3.63) is 70.8 Å². The molecule has 0 spiro atoms. The number of hydrogen-bond donors (Lipinski definition) is 0. The van der Waals surface area contributed by atoms with Crippen LogP contribution < -0.4 is 0 Å². The van der Waals surface area contributed by atoms with Gasteiger partial charge < -0.3 is 0 Å². The molecule has 23 heavy (non-hydrogen) atoms. The van der Waals surface area contributed by atoms with Gasteiger partial charge in [-0.05, 0) is 43.2 Å². The first kappa shape index (κ1) is 14.4. The van der Waals surface area contributed by atoms with Crippen LogP contribution in [-0.4, -0.2) is 11.6 Å². The van der Waals surface area contributed by atoms with Crippen LogP contribution in [0.25, 0.3) is 0 Å². The van der Waals surface area contributed by atoms with Crippen molar-refractivity contribution in [2.45, 2.75) is 32.1 Å². The van der Waals surface area contributed by atoms with Crippen molar-refractivity contribution in [3.8, 4) is 0 Å². The lowest BCUT2D eigenvalue weighted by molar-refractivity contribution is 0.0819. The molecule has 0 N–H and O–H groups in total. The number of fused-ring (bicyclic) bond motifs is 2. The number of hydrogen-bond acceptors (Lipinski definition) is 2. The summed E-state index contributed by atoms with van der Waals surface area (Å²) in [4.78, 5) is 25.5. The van der Waals surface area contributed by atoms with Gasteiger partial charge >= 0.3 is 0 Å². The molecule has 0 fully saturated rings. The topological polar surface area (TPSA) is 34.1 Å². The number of Topliss-reactive ketones (excluding diaryl/α,β-unsaturated/α-hetero) is 2. The highest BCUT2D eigenvalue weighted by Crippen LogP contribution is 2.34. The number of aryl methyl sites for hydroxylation is 2. The summed E-state index contributed by atoms with van der Waals surface area (Å²) in [6.45, 7) is 0. The number of ketones is 2. The van der Waals surface area contributed by atoms with Crippen LogP contribution in [-0.2, 0) is 12.8 Å². The van der Waals surface area contributed by atoms with E-state index in [0.717, 1.165) is 47.9 Å². The SMILES string of the molecule is O=C1c2ccccc2CCC1CC1CCc2ccccc2C1=O. The van der Waals surface area contributed by atoms with Gasteiger partial charge in [0, 0.05) is 23.0 Å². The van der Waals surface area contributed by atoms with E-state index in [2.05, 4.69) is 0 Å². The maximum atomic E-state index is 12.7. The molecular formula is C21H20O2. The summed E-state index contributed by atoms with van der Waals surface area (Å²) < 4.78 is 0. The summed E-state index contributed by atoms with van der Waals surface area (Å²) in [6, 6.07) is 15.8. The molecule has 0 saturated heterocycles. The van der Waals surface area contributed by atoms with Crippen molar-refractivity contribution in [2.75, 3.05) is 0 Å². The monoisotopic (exact) mass is 304 g/mol. The van der Waals surface area contributed by atoms with E-state index in [0.29, 0.717) is 6.42 Å². The third-order valence-corrected chi connectivity index (χ3v) is 5.40. The Kier molecular flexibility index (Phi) is 3.60. The summed E-state index contributed by atoms with van der Waals surface area (Å²) in [5.41, 5.74) is 4.06. The van der Waals surface area contributed by atoms with Gasteiger partial charge in [0.2, 0.25) is 0 Å². The van der Waals surface area contributed by atoms with Gasteiger partial charge in [-0.1, -0.05) is 48.5 Å². The Morgan fingerprint density at radius 2 is 1.13 bits per heavy atom. The fourth-order valence-electron chi connectivity index (χ4n) is 4.11. The number of carbonyl (C=O) groups excluding carboxylic acids is 2. The first-order chi connectivity index (χ1) is 11.2. The molecule has 0 radical (unpaired) electrons. The molecule has 2 unspecified atom stereocenters. The van der Waals surface area contributed by atoms with E-state index in [1.54, 1.807) is 0 Å². The van der Waals surface area contributed by atoms with E-state index >= 15 is 0 Å². The van der Waals surface area contributed by atoms with E-state index in [1.165, 1.54) is 0 Å². The standard InChI is InChI=1S/C21H20O2/c22-20-16(11-9-14-5-1-3-7-18(14)20)13-17-12-10-15-6-2-4-8-19(15)21(17)23/h1-8,16-17H,9-13H2. The van der Waals surface area contributed by atoms with E-state index in [9.17, 15) is 9.59 Å². The van der Waals surface area contributed by atoms with Crippen LogP contribution in [0.4, 0.5) is 0 Å². The molecule has 2 aliphatic carbocycles. The van der Waals surface area contributed by atoms with Crippen molar-refractivity contribution in [2.24, 2.45) is 11.8 Å². The molecule has 2 nitrogen and oxygen atoms in total. The molecule has 0 aliphatic heterocycles. The van der Waals surface area contributed by atoms with Gasteiger partial charge in [-0.3, -0.25) is 9.59 Å². The predicted octanol–water partition coefficient (Wildman–Crippen LogP) is 4.27. The zero-order valence-corrected chi connectivity index (χ0v) is 13.1. The van der Waals surface area contributed by atoms with Crippen LogP contribution in [0.3, 0.4) is 0 Å². The fraction of sp³-hybridized carbons (Fsp3) is 0.333. The third-order valence-electron chi connectivity index (χ3n) is 5.40.